The van der Waals surface area contributed by atoms with Crippen LogP contribution in [-0.2, 0) is 22.4 Å². The molecule has 1 aromatic carbocycles. The summed E-state index contributed by atoms with van der Waals surface area (Å²) in [4.78, 5) is 11.5. The normalized spacial score (nSPS) is 20.5. The van der Waals surface area contributed by atoms with Gasteiger partial charge in [-0.05, 0) is 48.4 Å². The minimum absolute atomic E-state index is 0.0736. The molecule has 2 unspecified atom stereocenters. The Morgan fingerprint density at radius 2 is 2.24 bits per heavy atom. The van der Waals surface area contributed by atoms with Gasteiger partial charge in [-0.25, -0.2) is 0 Å². The number of rotatable bonds is 2. The number of methoxy groups -OCH3 is 1. The number of phenolic OH excluding ortho intramolecular Hbond substituents is 1. The van der Waals surface area contributed by atoms with Crippen LogP contribution in [-0.4, -0.2) is 18.2 Å². The zero-order valence-electron chi connectivity index (χ0n) is 10.3. The molecular weight excluding hydrogens is 216 g/mol. The highest BCUT2D eigenvalue weighted by atomic mass is 16.5. The van der Waals surface area contributed by atoms with Crippen molar-refractivity contribution in [2.45, 2.75) is 26.2 Å². The van der Waals surface area contributed by atoms with Gasteiger partial charge >= 0.3 is 5.97 Å². The van der Waals surface area contributed by atoms with Gasteiger partial charge in [-0.1, -0.05) is 13.0 Å². The summed E-state index contributed by atoms with van der Waals surface area (Å²) in [7, 11) is 1.43. The van der Waals surface area contributed by atoms with Gasteiger partial charge in [0, 0.05) is 0 Å². The molecule has 17 heavy (non-hydrogen) atoms. The van der Waals surface area contributed by atoms with Crippen LogP contribution in [0.15, 0.2) is 18.2 Å². The molecule has 0 amide bonds. The summed E-state index contributed by atoms with van der Waals surface area (Å²) in [6, 6.07) is 5.51. The van der Waals surface area contributed by atoms with Crippen molar-refractivity contribution >= 4 is 5.97 Å². The standard InChI is InChI=1S/C14H18O3/c1-9(14(16)17-2)11-4-3-10-5-6-13(15)8-12(10)7-11/h5-6,8-9,11,15H,3-4,7H2,1-2H3. The minimum atomic E-state index is -0.140. The number of carbonyl (C=O) groups is 1. The van der Waals surface area contributed by atoms with E-state index in [1.807, 2.05) is 19.1 Å². The van der Waals surface area contributed by atoms with E-state index in [-0.39, 0.29) is 11.9 Å². The third kappa shape index (κ3) is 2.43. The lowest BCUT2D eigenvalue weighted by atomic mass is 9.77. The summed E-state index contributed by atoms with van der Waals surface area (Å²) < 4.78 is 4.79. The number of carbonyl (C=O) groups excluding carboxylic acids is 1. The van der Waals surface area contributed by atoms with Crippen molar-refractivity contribution in [1.82, 2.24) is 0 Å². The highest BCUT2D eigenvalue weighted by Gasteiger charge is 2.28. The van der Waals surface area contributed by atoms with E-state index in [4.69, 9.17) is 4.74 Å². The molecule has 2 atom stereocenters. The van der Waals surface area contributed by atoms with Gasteiger partial charge in [0.05, 0.1) is 13.0 Å². The van der Waals surface area contributed by atoms with Gasteiger partial charge in [-0.15, -0.1) is 0 Å². The predicted octanol–water partition coefficient (Wildman–Crippen LogP) is 2.31. The second-order valence-electron chi connectivity index (χ2n) is 4.77. The quantitative estimate of drug-likeness (QED) is 0.799. The molecule has 0 saturated heterocycles. The molecule has 0 aromatic heterocycles. The van der Waals surface area contributed by atoms with Crippen LogP contribution in [0.5, 0.6) is 5.75 Å². The lowest BCUT2D eigenvalue weighted by Gasteiger charge is -2.28. The summed E-state index contributed by atoms with van der Waals surface area (Å²) in [5.41, 5.74) is 2.45. The van der Waals surface area contributed by atoms with Crippen LogP contribution >= 0.6 is 0 Å². The van der Waals surface area contributed by atoms with Crippen LogP contribution in [0.25, 0.3) is 0 Å². The predicted molar refractivity (Wildman–Crippen MR) is 64.8 cm³/mol. The first-order chi connectivity index (χ1) is 8.11. The SMILES string of the molecule is COC(=O)C(C)C1CCc2ccc(O)cc2C1. The average molecular weight is 234 g/mol. The number of benzene rings is 1. The topological polar surface area (TPSA) is 46.5 Å². The maximum atomic E-state index is 11.5. The molecule has 0 bridgehead atoms. The van der Waals surface area contributed by atoms with Crippen molar-refractivity contribution in [2.75, 3.05) is 7.11 Å². The Morgan fingerprint density at radius 3 is 2.94 bits per heavy atom. The van der Waals surface area contributed by atoms with Crippen molar-refractivity contribution in [3.8, 4) is 5.75 Å². The van der Waals surface area contributed by atoms with Crippen LogP contribution in [0.2, 0.25) is 0 Å². The van der Waals surface area contributed by atoms with Crippen LogP contribution < -0.4 is 0 Å². The smallest absolute Gasteiger partial charge is 0.308 e. The summed E-state index contributed by atoms with van der Waals surface area (Å²) in [5.74, 6) is 0.404. The van der Waals surface area contributed by atoms with Crippen molar-refractivity contribution in [3.63, 3.8) is 0 Å². The molecule has 0 aliphatic heterocycles. The number of aryl methyl sites for hydroxylation is 1. The maximum Gasteiger partial charge on any atom is 0.308 e. The Kier molecular flexibility index (Phi) is 3.36. The Labute approximate surface area is 101 Å². The molecule has 1 aliphatic carbocycles. The van der Waals surface area contributed by atoms with Crippen LogP contribution in [0.1, 0.15) is 24.5 Å². The van der Waals surface area contributed by atoms with Crippen LogP contribution in [0.4, 0.5) is 0 Å². The Hall–Kier alpha value is -1.51. The van der Waals surface area contributed by atoms with E-state index in [0.29, 0.717) is 11.7 Å². The van der Waals surface area contributed by atoms with Gasteiger partial charge in [0.25, 0.3) is 0 Å². The summed E-state index contributed by atoms with van der Waals surface area (Å²) >= 11 is 0. The zero-order chi connectivity index (χ0) is 12.4. The largest absolute Gasteiger partial charge is 0.508 e. The molecule has 0 radical (unpaired) electrons. The fraction of sp³-hybridized carbons (Fsp3) is 0.500. The molecule has 3 nitrogen and oxygen atoms in total. The van der Waals surface area contributed by atoms with Gasteiger partial charge in [0.1, 0.15) is 5.75 Å². The van der Waals surface area contributed by atoms with E-state index in [1.165, 1.54) is 12.7 Å². The Bertz CT molecular complexity index is 425. The van der Waals surface area contributed by atoms with Gasteiger partial charge < -0.3 is 9.84 Å². The molecule has 0 heterocycles. The van der Waals surface area contributed by atoms with Gasteiger partial charge in [0.15, 0.2) is 0 Å². The molecule has 3 heteroatoms. The first-order valence-corrected chi connectivity index (χ1v) is 6.00. The van der Waals surface area contributed by atoms with E-state index in [1.54, 1.807) is 6.07 Å². The highest BCUT2D eigenvalue weighted by Crippen LogP contribution is 2.32. The number of fused-ring (bicyclic) bond motifs is 1. The first kappa shape index (κ1) is 12.0. The second-order valence-corrected chi connectivity index (χ2v) is 4.77. The summed E-state index contributed by atoms with van der Waals surface area (Å²) in [6.45, 7) is 1.92. The maximum absolute atomic E-state index is 11.5. The number of aromatic hydroxyl groups is 1. The molecule has 0 fully saturated rings. The molecule has 2 rings (SSSR count). The van der Waals surface area contributed by atoms with Crippen molar-refractivity contribution in [1.29, 1.82) is 0 Å². The number of hydrogen-bond acceptors (Lipinski definition) is 3. The van der Waals surface area contributed by atoms with Gasteiger partial charge in [-0.2, -0.15) is 0 Å². The first-order valence-electron chi connectivity index (χ1n) is 6.00. The third-order valence-corrected chi connectivity index (χ3v) is 3.74. The number of hydrogen-bond donors (Lipinski definition) is 1. The Balaban J connectivity index is 2.15. The third-order valence-electron chi connectivity index (χ3n) is 3.74. The molecule has 1 aromatic rings. The van der Waals surface area contributed by atoms with Gasteiger partial charge in [-0.3, -0.25) is 4.79 Å². The van der Waals surface area contributed by atoms with E-state index in [0.717, 1.165) is 24.8 Å². The fourth-order valence-corrected chi connectivity index (χ4v) is 2.58. The number of phenols is 1. The molecule has 0 spiro atoms. The van der Waals surface area contributed by atoms with E-state index < -0.39 is 0 Å². The number of esters is 1. The van der Waals surface area contributed by atoms with Gasteiger partial charge in [0.2, 0.25) is 0 Å². The second kappa shape index (κ2) is 4.78. The van der Waals surface area contributed by atoms with Crippen molar-refractivity contribution in [2.24, 2.45) is 11.8 Å². The van der Waals surface area contributed by atoms with Crippen LogP contribution in [0, 0.1) is 11.8 Å². The molecule has 1 N–H and O–H groups in total. The highest BCUT2D eigenvalue weighted by molar-refractivity contribution is 5.72. The Morgan fingerprint density at radius 1 is 1.47 bits per heavy atom. The zero-order valence-corrected chi connectivity index (χ0v) is 10.3. The molecule has 92 valence electrons. The number of ether oxygens (including phenoxy) is 1. The molecular formula is C14H18O3. The van der Waals surface area contributed by atoms with Crippen LogP contribution in [0.3, 0.4) is 0 Å². The summed E-state index contributed by atoms with van der Waals surface area (Å²) in [5, 5.41) is 9.48. The average Bonchev–Trinajstić information content (AvgIpc) is 2.36. The minimum Gasteiger partial charge on any atom is -0.508 e. The molecule has 0 saturated carbocycles. The van der Waals surface area contributed by atoms with Crippen molar-refractivity contribution in [3.05, 3.63) is 29.3 Å². The lowest BCUT2D eigenvalue weighted by Crippen LogP contribution is -2.27. The lowest BCUT2D eigenvalue weighted by molar-refractivity contribution is -0.146. The van der Waals surface area contributed by atoms with Crippen molar-refractivity contribution < 1.29 is 14.6 Å². The summed E-state index contributed by atoms with van der Waals surface area (Å²) in [6.07, 6.45) is 2.83. The van der Waals surface area contributed by atoms with E-state index in [2.05, 4.69) is 0 Å². The monoisotopic (exact) mass is 234 g/mol. The molecule has 1 aliphatic rings. The van der Waals surface area contributed by atoms with E-state index >= 15 is 0 Å². The fourth-order valence-electron chi connectivity index (χ4n) is 2.58. The van der Waals surface area contributed by atoms with E-state index in [9.17, 15) is 9.90 Å².